The predicted molar refractivity (Wildman–Crippen MR) is 92.6 cm³/mol. The highest BCUT2D eigenvalue weighted by Crippen LogP contribution is 2.26. The van der Waals surface area contributed by atoms with Crippen molar-refractivity contribution in [3.63, 3.8) is 0 Å². The highest BCUT2D eigenvalue weighted by atomic mass is 32.1. The zero-order chi connectivity index (χ0) is 16.7. The molecule has 0 aromatic carbocycles. The van der Waals surface area contributed by atoms with Crippen molar-refractivity contribution < 1.29 is 19.8 Å². The van der Waals surface area contributed by atoms with Gasteiger partial charge < -0.3 is 10.2 Å². The van der Waals surface area contributed by atoms with Gasteiger partial charge in [-0.3, -0.25) is 9.59 Å². The van der Waals surface area contributed by atoms with Gasteiger partial charge in [0.2, 0.25) is 0 Å². The minimum atomic E-state index is -0.740. The fraction of sp³-hybridized carbons (Fsp3) is 0.412. The summed E-state index contributed by atoms with van der Waals surface area (Å²) >= 11 is 3.49. The third kappa shape index (κ3) is 6.54. The summed E-state index contributed by atoms with van der Waals surface area (Å²) in [6, 6.07) is 8.40. The van der Waals surface area contributed by atoms with Crippen LogP contribution in [0.25, 0.3) is 0 Å². The van der Waals surface area contributed by atoms with E-state index in [9.17, 15) is 9.59 Å². The van der Waals surface area contributed by atoms with Gasteiger partial charge in [0, 0.05) is 38.8 Å². The van der Waals surface area contributed by atoms with Gasteiger partial charge in [-0.1, -0.05) is 0 Å². The van der Waals surface area contributed by atoms with E-state index in [1.807, 2.05) is 0 Å². The van der Waals surface area contributed by atoms with Crippen LogP contribution in [0.1, 0.15) is 45.2 Å². The molecule has 0 unspecified atom stereocenters. The first-order valence-corrected chi connectivity index (χ1v) is 9.25. The lowest BCUT2D eigenvalue weighted by molar-refractivity contribution is -0.138. The van der Waals surface area contributed by atoms with Crippen LogP contribution in [0.5, 0.6) is 0 Å². The van der Waals surface area contributed by atoms with Crippen LogP contribution in [0, 0.1) is 0 Å². The van der Waals surface area contributed by atoms with Gasteiger partial charge in [-0.05, 0) is 49.9 Å². The van der Waals surface area contributed by atoms with Crippen molar-refractivity contribution in [2.24, 2.45) is 0 Å². The van der Waals surface area contributed by atoms with E-state index in [1.54, 1.807) is 22.7 Å². The lowest BCUT2D eigenvalue weighted by atomic mass is 10.2. The predicted octanol–water partition coefficient (Wildman–Crippen LogP) is 4.22. The first-order valence-electron chi connectivity index (χ1n) is 7.61. The van der Waals surface area contributed by atoms with E-state index in [1.165, 1.54) is 19.5 Å². The standard InChI is InChI=1S/C17H20O4S2/c18-16(19)5-1-3-12-7-9-14(22-12)11-15-10-8-13(23-15)4-2-6-17(20)21/h7-10H,1-6,11H2,(H,18,19)(H,20,21). The molecule has 0 amide bonds. The Morgan fingerprint density at radius 2 is 1.13 bits per heavy atom. The first kappa shape index (κ1) is 17.7. The molecule has 6 heteroatoms. The zero-order valence-electron chi connectivity index (χ0n) is 12.8. The Morgan fingerprint density at radius 3 is 1.52 bits per heavy atom. The molecule has 0 radical (unpaired) electrons. The highest BCUT2D eigenvalue weighted by Gasteiger charge is 2.06. The molecule has 0 saturated heterocycles. The summed E-state index contributed by atoms with van der Waals surface area (Å²) < 4.78 is 0. The number of carbonyl (C=O) groups is 2. The maximum atomic E-state index is 10.5. The highest BCUT2D eigenvalue weighted by molar-refractivity contribution is 7.13. The molecule has 4 nitrogen and oxygen atoms in total. The normalized spacial score (nSPS) is 10.8. The van der Waals surface area contributed by atoms with Crippen molar-refractivity contribution in [3.8, 4) is 0 Å². The summed E-state index contributed by atoms with van der Waals surface area (Å²) in [4.78, 5) is 26.1. The second-order valence-corrected chi connectivity index (χ2v) is 7.91. The van der Waals surface area contributed by atoms with E-state index in [0.29, 0.717) is 12.8 Å². The van der Waals surface area contributed by atoms with E-state index in [4.69, 9.17) is 10.2 Å². The number of carboxylic acid groups (broad SMARTS) is 2. The number of hydrogen-bond acceptors (Lipinski definition) is 4. The van der Waals surface area contributed by atoms with Gasteiger partial charge in [0.05, 0.1) is 0 Å². The first-order chi connectivity index (χ1) is 11.0. The smallest absolute Gasteiger partial charge is 0.303 e. The van der Waals surface area contributed by atoms with Gasteiger partial charge in [-0.25, -0.2) is 0 Å². The topological polar surface area (TPSA) is 74.6 Å². The molecule has 0 spiro atoms. The Kier molecular flexibility index (Phi) is 6.80. The fourth-order valence-corrected chi connectivity index (χ4v) is 4.56. The van der Waals surface area contributed by atoms with E-state index in [-0.39, 0.29) is 12.8 Å². The molecule has 0 atom stereocenters. The summed E-state index contributed by atoms with van der Waals surface area (Å²) in [6.07, 6.45) is 4.34. The van der Waals surface area contributed by atoms with E-state index in [2.05, 4.69) is 24.3 Å². The number of rotatable bonds is 10. The molecule has 0 aliphatic heterocycles. The van der Waals surface area contributed by atoms with Crippen LogP contribution >= 0.6 is 22.7 Å². The quantitative estimate of drug-likeness (QED) is 0.671. The van der Waals surface area contributed by atoms with Crippen LogP contribution in [0.4, 0.5) is 0 Å². The van der Waals surface area contributed by atoms with Gasteiger partial charge in [-0.2, -0.15) is 0 Å². The van der Waals surface area contributed by atoms with Crippen LogP contribution in [0.3, 0.4) is 0 Å². The van der Waals surface area contributed by atoms with Crippen molar-refractivity contribution in [2.45, 2.75) is 44.9 Å². The average Bonchev–Trinajstić information content (AvgIpc) is 3.08. The zero-order valence-corrected chi connectivity index (χ0v) is 14.4. The minimum absolute atomic E-state index is 0.220. The summed E-state index contributed by atoms with van der Waals surface area (Å²) in [5.74, 6) is -1.48. The van der Waals surface area contributed by atoms with Crippen molar-refractivity contribution in [1.29, 1.82) is 0 Å². The maximum absolute atomic E-state index is 10.5. The molecule has 124 valence electrons. The number of carboxylic acids is 2. The molecular formula is C17H20O4S2. The van der Waals surface area contributed by atoms with Crippen molar-refractivity contribution in [2.75, 3.05) is 0 Å². The number of aryl methyl sites for hydroxylation is 2. The lowest BCUT2D eigenvalue weighted by Crippen LogP contribution is -1.94. The summed E-state index contributed by atoms with van der Waals surface area (Å²) in [7, 11) is 0. The monoisotopic (exact) mass is 352 g/mol. The van der Waals surface area contributed by atoms with Gasteiger partial charge in [-0.15, -0.1) is 22.7 Å². The second-order valence-electron chi connectivity index (χ2n) is 5.41. The van der Waals surface area contributed by atoms with E-state index >= 15 is 0 Å². The Bertz CT molecular complexity index is 601. The molecule has 0 aliphatic carbocycles. The molecule has 0 fully saturated rings. The minimum Gasteiger partial charge on any atom is -0.481 e. The number of thiophene rings is 2. The molecule has 0 saturated carbocycles. The van der Waals surface area contributed by atoms with Gasteiger partial charge in [0.25, 0.3) is 0 Å². The van der Waals surface area contributed by atoms with Crippen LogP contribution in [-0.4, -0.2) is 22.2 Å². The van der Waals surface area contributed by atoms with Crippen molar-refractivity contribution in [3.05, 3.63) is 43.8 Å². The molecule has 2 rings (SSSR count). The van der Waals surface area contributed by atoms with Crippen LogP contribution in [0.15, 0.2) is 24.3 Å². The summed E-state index contributed by atoms with van der Waals surface area (Å²) in [6.45, 7) is 0. The van der Waals surface area contributed by atoms with E-state index in [0.717, 1.165) is 19.3 Å². The SMILES string of the molecule is O=C(O)CCCc1ccc(Cc2ccc(CCCC(=O)O)s2)s1. The Morgan fingerprint density at radius 1 is 0.739 bits per heavy atom. The van der Waals surface area contributed by atoms with Crippen molar-refractivity contribution in [1.82, 2.24) is 0 Å². The molecular weight excluding hydrogens is 332 g/mol. The molecule has 23 heavy (non-hydrogen) atoms. The molecule has 2 N–H and O–H groups in total. The molecule has 0 bridgehead atoms. The largest absolute Gasteiger partial charge is 0.481 e. The van der Waals surface area contributed by atoms with Crippen LogP contribution in [0.2, 0.25) is 0 Å². The van der Waals surface area contributed by atoms with Crippen molar-refractivity contribution >= 4 is 34.6 Å². The molecule has 2 aromatic rings. The second kappa shape index (κ2) is 8.84. The number of hydrogen-bond donors (Lipinski definition) is 2. The molecule has 2 aromatic heterocycles. The molecule has 0 aliphatic rings. The molecule has 2 heterocycles. The average molecular weight is 352 g/mol. The Hall–Kier alpha value is -1.66. The van der Waals surface area contributed by atoms with Gasteiger partial charge in [0.1, 0.15) is 0 Å². The van der Waals surface area contributed by atoms with Crippen LogP contribution in [-0.2, 0) is 28.9 Å². The fourth-order valence-electron chi connectivity index (χ4n) is 2.30. The maximum Gasteiger partial charge on any atom is 0.303 e. The Labute approximate surface area is 143 Å². The summed E-state index contributed by atoms with van der Waals surface area (Å²) in [5.41, 5.74) is 0. The lowest BCUT2D eigenvalue weighted by Gasteiger charge is -1.96. The third-order valence-electron chi connectivity index (χ3n) is 3.41. The van der Waals surface area contributed by atoms with Crippen LogP contribution < -0.4 is 0 Å². The van der Waals surface area contributed by atoms with Gasteiger partial charge >= 0.3 is 11.9 Å². The van der Waals surface area contributed by atoms with Gasteiger partial charge in [0.15, 0.2) is 0 Å². The summed E-state index contributed by atoms with van der Waals surface area (Å²) in [5, 5.41) is 17.3. The Balaban J connectivity index is 1.80. The number of aliphatic carboxylic acids is 2. The van der Waals surface area contributed by atoms with E-state index < -0.39 is 11.9 Å². The third-order valence-corrected chi connectivity index (χ3v) is 5.70.